The van der Waals surface area contributed by atoms with Gasteiger partial charge in [0.15, 0.2) is 0 Å². The van der Waals surface area contributed by atoms with Gasteiger partial charge in [0, 0.05) is 11.8 Å². The third-order valence-electron chi connectivity index (χ3n) is 4.60. The van der Waals surface area contributed by atoms with Crippen LogP contribution in [0.1, 0.15) is 25.3 Å². The van der Waals surface area contributed by atoms with E-state index in [4.69, 9.17) is 0 Å². The van der Waals surface area contributed by atoms with E-state index in [2.05, 4.69) is 84.3 Å². The first-order valence-corrected chi connectivity index (χ1v) is 8.45. The molecule has 23 heavy (non-hydrogen) atoms. The van der Waals surface area contributed by atoms with Crippen LogP contribution in [0, 0.1) is 0 Å². The first kappa shape index (κ1) is 14.1. The van der Waals surface area contributed by atoms with Gasteiger partial charge >= 0.3 is 0 Å². The van der Waals surface area contributed by atoms with E-state index in [0.717, 1.165) is 0 Å². The lowest BCUT2D eigenvalue weighted by molar-refractivity contribution is 0.795. The highest BCUT2D eigenvalue weighted by Crippen LogP contribution is 2.30. The van der Waals surface area contributed by atoms with E-state index in [1.165, 1.54) is 52.4 Å². The van der Waals surface area contributed by atoms with Gasteiger partial charge in [-0.3, -0.25) is 0 Å². The number of rotatable bonds is 4. The van der Waals surface area contributed by atoms with Crippen molar-refractivity contribution in [2.75, 3.05) is 0 Å². The van der Waals surface area contributed by atoms with Crippen molar-refractivity contribution in [1.82, 2.24) is 4.40 Å². The minimum Gasteiger partial charge on any atom is -0.316 e. The van der Waals surface area contributed by atoms with Crippen molar-refractivity contribution in [2.24, 2.45) is 0 Å². The van der Waals surface area contributed by atoms with Gasteiger partial charge in [-0.05, 0) is 53.6 Å². The quantitative estimate of drug-likeness (QED) is 0.429. The lowest BCUT2D eigenvalue weighted by Crippen LogP contribution is -1.91. The normalized spacial score (nSPS) is 11.3. The Morgan fingerprint density at radius 2 is 1.61 bits per heavy atom. The maximum atomic E-state index is 2.31. The van der Waals surface area contributed by atoms with Gasteiger partial charge in [0.25, 0.3) is 0 Å². The van der Waals surface area contributed by atoms with Gasteiger partial charge in [-0.1, -0.05) is 55.8 Å². The Morgan fingerprint density at radius 1 is 0.826 bits per heavy atom. The molecule has 0 aliphatic carbocycles. The van der Waals surface area contributed by atoms with Crippen LogP contribution in [0.2, 0.25) is 0 Å². The number of nitrogens with zero attached hydrogens (tertiary/aromatic N) is 1. The number of pyridine rings is 1. The van der Waals surface area contributed by atoms with E-state index < -0.39 is 0 Å². The van der Waals surface area contributed by atoms with Gasteiger partial charge in [-0.25, -0.2) is 0 Å². The summed E-state index contributed by atoms with van der Waals surface area (Å²) in [6.45, 7) is 2.24. The second-order valence-electron chi connectivity index (χ2n) is 6.18. The number of aromatic nitrogens is 1. The van der Waals surface area contributed by atoms with E-state index in [1.807, 2.05) is 0 Å². The molecule has 0 bridgehead atoms. The van der Waals surface area contributed by atoms with Crippen molar-refractivity contribution in [3.63, 3.8) is 0 Å². The molecule has 0 amide bonds. The molecular weight excluding hydrogens is 278 g/mol. The standard InChI is InChI=1S/C22H21N/c1-2-3-7-17-11-13-18(14-12-17)20-16-19-8-4-5-9-21(19)23-15-6-10-22(20)23/h4-6,8-16H,2-3,7H2,1H3. The van der Waals surface area contributed by atoms with Crippen LogP contribution in [0.4, 0.5) is 0 Å². The molecule has 0 atom stereocenters. The van der Waals surface area contributed by atoms with Crippen LogP contribution in [0.5, 0.6) is 0 Å². The molecule has 1 nitrogen and oxygen atoms in total. The lowest BCUT2D eigenvalue weighted by Gasteiger charge is -2.10. The zero-order chi connectivity index (χ0) is 15.6. The summed E-state index contributed by atoms with van der Waals surface area (Å²) in [5.41, 5.74) is 6.55. The molecule has 0 radical (unpaired) electrons. The number of fused-ring (bicyclic) bond motifs is 3. The third-order valence-corrected chi connectivity index (χ3v) is 4.60. The minimum atomic E-state index is 1.18. The van der Waals surface area contributed by atoms with Crippen molar-refractivity contribution in [3.8, 4) is 11.1 Å². The summed E-state index contributed by atoms with van der Waals surface area (Å²) in [7, 11) is 0. The fourth-order valence-corrected chi connectivity index (χ4v) is 3.33. The highest BCUT2D eigenvalue weighted by molar-refractivity contribution is 5.93. The number of hydrogen-bond acceptors (Lipinski definition) is 0. The molecule has 0 fully saturated rings. The highest BCUT2D eigenvalue weighted by Gasteiger charge is 2.08. The predicted molar refractivity (Wildman–Crippen MR) is 99.0 cm³/mol. The van der Waals surface area contributed by atoms with Crippen LogP contribution in [0.25, 0.3) is 27.5 Å². The molecule has 0 saturated heterocycles. The number of unbranched alkanes of at least 4 members (excludes halogenated alkanes) is 1. The molecular formula is C22H21N. The topological polar surface area (TPSA) is 4.41 Å². The molecule has 2 aromatic carbocycles. The molecule has 0 N–H and O–H groups in total. The van der Waals surface area contributed by atoms with Gasteiger partial charge in [0.1, 0.15) is 0 Å². The van der Waals surface area contributed by atoms with Crippen molar-refractivity contribution < 1.29 is 0 Å². The van der Waals surface area contributed by atoms with Gasteiger partial charge in [-0.2, -0.15) is 0 Å². The van der Waals surface area contributed by atoms with E-state index >= 15 is 0 Å². The lowest BCUT2D eigenvalue weighted by atomic mass is 10.00. The number of hydrogen-bond donors (Lipinski definition) is 0. The summed E-state index contributed by atoms with van der Waals surface area (Å²) >= 11 is 0. The van der Waals surface area contributed by atoms with Crippen LogP contribution < -0.4 is 0 Å². The van der Waals surface area contributed by atoms with Crippen LogP contribution in [0.15, 0.2) is 72.9 Å². The van der Waals surface area contributed by atoms with E-state index in [9.17, 15) is 0 Å². The number of aryl methyl sites for hydroxylation is 1. The zero-order valence-corrected chi connectivity index (χ0v) is 13.5. The van der Waals surface area contributed by atoms with Gasteiger partial charge < -0.3 is 4.40 Å². The Bertz CT molecular complexity index is 945. The van der Waals surface area contributed by atoms with Crippen molar-refractivity contribution in [2.45, 2.75) is 26.2 Å². The Labute approximate surface area is 137 Å². The SMILES string of the molecule is CCCCc1ccc(-c2cc3ccccc3n3cccc23)cc1. The zero-order valence-electron chi connectivity index (χ0n) is 13.5. The molecule has 1 heteroatoms. The first-order chi connectivity index (χ1) is 11.4. The predicted octanol–water partition coefficient (Wildman–Crippen LogP) is 6.10. The van der Waals surface area contributed by atoms with Crippen LogP contribution in [0.3, 0.4) is 0 Å². The largest absolute Gasteiger partial charge is 0.316 e. The monoisotopic (exact) mass is 299 g/mol. The molecule has 114 valence electrons. The fraction of sp³-hybridized carbons (Fsp3) is 0.182. The number of para-hydroxylation sites is 1. The Morgan fingerprint density at radius 3 is 2.43 bits per heavy atom. The molecule has 0 spiro atoms. The smallest absolute Gasteiger partial charge is 0.0534 e. The van der Waals surface area contributed by atoms with Gasteiger partial charge in [0.2, 0.25) is 0 Å². The Kier molecular flexibility index (Phi) is 3.63. The third kappa shape index (κ3) is 2.53. The average Bonchev–Trinajstić information content (AvgIpc) is 3.10. The number of benzene rings is 2. The summed E-state index contributed by atoms with van der Waals surface area (Å²) in [5, 5.41) is 1.28. The van der Waals surface area contributed by atoms with Crippen LogP contribution >= 0.6 is 0 Å². The molecule has 0 aliphatic heterocycles. The second-order valence-corrected chi connectivity index (χ2v) is 6.18. The van der Waals surface area contributed by atoms with Crippen LogP contribution in [-0.2, 0) is 6.42 Å². The van der Waals surface area contributed by atoms with E-state index in [-0.39, 0.29) is 0 Å². The molecule has 0 aliphatic rings. The maximum Gasteiger partial charge on any atom is 0.0534 e. The fourth-order valence-electron chi connectivity index (χ4n) is 3.33. The molecule has 2 heterocycles. The maximum absolute atomic E-state index is 2.31. The Hall–Kier alpha value is -2.54. The summed E-state index contributed by atoms with van der Waals surface area (Å²) in [5.74, 6) is 0. The van der Waals surface area contributed by atoms with Crippen molar-refractivity contribution in [1.29, 1.82) is 0 Å². The molecule has 4 aromatic rings. The highest BCUT2D eigenvalue weighted by atomic mass is 14.9. The molecule has 4 rings (SSSR count). The summed E-state index contributed by atoms with van der Waals surface area (Å²) in [6, 6.07) is 24.3. The van der Waals surface area contributed by atoms with E-state index in [0.29, 0.717) is 0 Å². The van der Waals surface area contributed by atoms with E-state index in [1.54, 1.807) is 0 Å². The first-order valence-electron chi connectivity index (χ1n) is 8.45. The minimum absolute atomic E-state index is 1.18. The van der Waals surface area contributed by atoms with Crippen molar-refractivity contribution >= 4 is 16.4 Å². The summed E-state index contributed by atoms with van der Waals surface area (Å²) in [4.78, 5) is 0. The van der Waals surface area contributed by atoms with Crippen molar-refractivity contribution in [3.05, 3.63) is 78.5 Å². The van der Waals surface area contributed by atoms with Crippen LogP contribution in [-0.4, -0.2) is 4.40 Å². The summed E-state index contributed by atoms with van der Waals surface area (Å²) in [6.07, 6.45) is 5.83. The average molecular weight is 299 g/mol. The molecule has 0 saturated carbocycles. The molecule has 0 unspecified atom stereocenters. The Balaban J connectivity index is 1.85. The summed E-state index contributed by atoms with van der Waals surface area (Å²) < 4.78 is 2.29. The van der Waals surface area contributed by atoms with Gasteiger partial charge in [-0.15, -0.1) is 0 Å². The second kappa shape index (κ2) is 5.92. The molecule has 2 aromatic heterocycles. The van der Waals surface area contributed by atoms with Gasteiger partial charge in [0.05, 0.1) is 11.0 Å².